The molecule has 0 saturated carbocycles. The van der Waals surface area contributed by atoms with Gasteiger partial charge in [0.25, 0.3) is 0 Å². The number of esters is 2. The maximum absolute atomic E-state index is 11.6. The van der Waals surface area contributed by atoms with Crippen LogP contribution < -0.4 is 14.4 Å². The minimum atomic E-state index is -0.485. The number of carbonyl (C=O) groups is 2. The van der Waals surface area contributed by atoms with Crippen LogP contribution in [0.1, 0.15) is 22.3 Å². The summed E-state index contributed by atoms with van der Waals surface area (Å²) in [6, 6.07) is 41.1. The topological polar surface area (TPSA) is 55.8 Å². The zero-order valence-corrected chi connectivity index (χ0v) is 27.8. The summed E-state index contributed by atoms with van der Waals surface area (Å²) in [7, 11) is 0. The van der Waals surface area contributed by atoms with Crippen molar-refractivity contribution in [1.29, 1.82) is 0 Å². The summed E-state index contributed by atoms with van der Waals surface area (Å²) in [6.45, 7) is 6.93. The minimum absolute atomic E-state index is 0.474. The fourth-order valence-corrected chi connectivity index (χ4v) is 6.98. The fraction of sp³-hybridized carbons (Fsp3) is 0.0435. The molecule has 6 aromatic carbocycles. The van der Waals surface area contributed by atoms with Crippen LogP contribution in [-0.2, 0) is 22.4 Å². The maximum Gasteiger partial charge on any atom is 0.335 e. The second-order valence-electron chi connectivity index (χ2n) is 12.5. The lowest BCUT2D eigenvalue weighted by Gasteiger charge is -2.32. The predicted octanol–water partition coefficient (Wildman–Crippen LogP) is 10.7. The summed E-state index contributed by atoms with van der Waals surface area (Å²) < 4.78 is 10.5. The fourth-order valence-electron chi connectivity index (χ4n) is 6.98. The highest BCUT2D eigenvalue weighted by molar-refractivity contribution is 6.07. The third-order valence-electron chi connectivity index (χ3n) is 9.43. The van der Waals surface area contributed by atoms with Crippen molar-refractivity contribution in [3.8, 4) is 33.8 Å². The molecule has 0 aromatic heterocycles. The maximum atomic E-state index is 11.6. The molecule has 0 atom stereocenters. The Labute approximate surface area is 296 Å². The highest BCUT2D eigenvalue weighted by Crippen LogP contribution is 2.44. The van der Waals surface area contributed by atoms with Crippen molar-refractivity contribution in [2.75, 3.05) is 4.90 Å². The van der Waals surface area contributed by atoms with E-state index in [9.17, 15) is 9.59 Å². The number of hydrogen-bond acceptors (Lipinski definition) is 5. The van der Waals surface area contributed by atoms with Gasteiger partial charge in [-0.3, -0.25) is 0 Å². The summed E-state index contributed by atoms with van der Waals surface area (Å²) >= 11 is 0. The van der Waals surface area contributed by atoms with Crippen molar-refractivity contribution in [3.05, 3.63) is 181 Å². The SMILES string of the molecule is C=CC(=O)Oc1ccc(-c2ccc(N(C3=CCc4ccc5c6c(ccc3c46)CC=C5)c3ccc(-c4ccc(OC(=O)C=C)cc4)cc3)cc2)cc1. The third kappa shape index (κ3) is 6.06. The van der Waals surface area contributed by atoms with Crippen LogP contribution in [0.3, 0.4) is 0 Å². The summed E-state index contributed by atoms with van der Waals surface area (Å²) in [5.41, 5.74) is 12.5. The molecule has 0 unspecified atom stereocenters. The first-order valence-corrected chi connectivity index (χ1v) is 16.8. The van der Waals surface area contributed by atoms with Gasteiger partial charge in [0, 0.05) is 29.1 Å². The van der Waals surface area contributed by atoms with Crippen LogP contribution >= 0.6 is 0 Å². The minimum Gasteiger partial charge on any atom is -0.423 e. The average molecular weight is 664 g/mol. The molecule has 51 heavy (non-hydrogen) atoms. The number of carbonyl (C=O) groups excluding carboxylic acids is 2. The van der Waals surface area contributed by atoms with E-state index in [4.69, 9.17) is 9.47 Å². The monoisotopic (exact) mass is 663 g/mol. The summed E-state index contributed by atoms with van der Waals surface area (Å²) in [5.74, 6) is -0.0218. The lowest BCUT2D eigenvalue weighted by atomic mass is 9.83. The first kappa shape index (κ1) is 31.5. The molecule has 2 aliphatic rings. The third-order valence-corrected chi connectivity index (χ3v) is 9.43. The highest BCUT2D eigenvalue weighted by Gasteiger charge is 2.25. The summed E-state index contributed by atoms with van der Waals surface area (Å²) in [5, 5.41) is 2.69. The molecular weight excluding hydrogens is 631 g/mol. The molecule has 0 saturated heterocycles. The zero-order chi connectivity index (χ0) is 34.9. The van der Waals surface area contributed by atoms with E-state index < -0.39 is 11.9 Å². The Morgan fingerprint density at radius 2 is 1.02 bits per heavy atom. The van der Waals surface area contributed by atoms with Crippen molar-refractivity contribution >= 4 is 45.9 Å². The van der Waals surface area contributed by atoms with Gasteiger partial charge in [0.2, 0.25) is 0 Å². The van der Waals surface area contributed by atoms with Gasteiger partial charge in [-0.1, -0.05) is 104 Å². The molecular formula is C46H33NO4. The van der Waals surface area contributed by atoms with E-state index in [0.29, 0.717) is 11.5 Å². The number of allylic oxidation sites excluding steroid dienone is 2. The normalized spacial score (nSPS) is 12.5. The van der Waals surface area contributed by atoms with E-state index >= 15 is 0 Å². The van der Waals surface area contributed by atoms with E-state index in [-0.39, 0.29) is 0 Å². The average Bonchev–Trinajstić information content (AvgIpc) is 3.18. The van der Waals surface area contributed by atoms with Crippen molar-refractivity contribution < 1.29 is 19.1 Å². The molecule has 0 radical (unpaired) electrons. The molecule has 5 nitrogen and oxygen atoms in total. The van der Waals surface area contributed by atoms with Crippen LogP contribution in [0.4, 0.5) is 11.4 Å². The number of anilines is 2. The molecule has 246 valence electrons. The molecule has 5 heteroatoms. The van der Waals surface area contributed by atoms with Gasteiger partial charge in [0.1, 0.15) is 11.5 Å². The Bertz CT molecular complexity index is 2290. The number of benzene rings is 6. The van der Waals surface area contributed by atoms with E-state index in [1.807, 2.05) is 24.3 Å². The largest absolute Gasteiger partial charge is 0.423 e. The Kier molecular flexibility index (Phi) is 8.22. The molecule has 0 aliphatic heterocycles. The van der Waals surface area contributed by atoms with Gasteiger partial charge in [-0.2, -0.15) is 0 Å². The molecule has 0 spiro atoms. The van der Waals surface area contributed by atoms with Crippen LogP contribution in [0, 0.1) is 0 Å². The quantitative estimate of drug-likeness (QED) is 0.0875. The van der Waals surface area contributed by atoms with Gasteiger partial charge in [-0.15, -0.1) is 0 Å². The molecule has 0 amide bonds. The van der Waals surface area contributed by atoms with Crippen LogP contribution in [0.2, 0.25) is 0 Å². The van der Waals surface area contributed by atoms with E-state index in [2.05, 4.69) is 109 Å². The van der Waals surface area contributed by atoms with Gasteiger partial charge < -0.3 is 14.4 Å². The predicted molar refractivity (Wildman–Crippen MR) is 206 cm³/mol. The highest BCUT2D eigenvalue weighted by atomic mass is 16.5. The van der Waals surface area contributed by atoms with Gasteiger partial charge in [-0.05, 0) is 111 Å². The molecule has 6 aromatic rings. The molecule has 8 rings (SSSR count). The molecule has 0 heterocycles. The van der Waals surface area contributed by atoms with E-state index in [1.54, 1.807) is 24.3 Å². The number of hydrogen-bond donors (Lipinski definition) is 0. The number of nitrogens with zero attached hydrogens (tertiary/aromatic N) is 1. The van der Waals surface area contributed by atoms with Gasteiger partial charge in [0.05, 0.1) is 5.70 Å². The van der Waals surface area contributed by atoms with Crippen molar-refractivity contribution in [3.63, 3.8) is 0 Å². The first-order valence-electron chi connectivity index (χ1n) is 16.8. The Balaban J connectivity index is 1.17. The standard InChI is InChI=1S/C46H33NO4/c1-3-43(48)50-39-24-14-32(15-25-39)30-10-20-37(21-11-30)47(38-22-12-31(13-23-38)33-16-26-40(27-17-33)51-44(49)4-2)42-29-19-36-9-8-34-6-5-7-35-18-28-41(42)46(36)45(34)35/h3-6,8-18,20-29H,1-2,7,19H2. The van der Waals surface area contributed by atoms with E-state index in [0.717, 1.165) is 64.3 Å². The van der Waals surface area contributed by atoms with E-state index in [1.165, 1.54) is 33.0 Å². The Morgan fingerprint density at radius 1 is 0.549 bits per heavy atom. The van der Waals surface area contributed by atoms with Gasteiger partial charge in [0.15, 0.2) is 0 Å². The number of rotatable bonds is 9. The second-order valence-corrected chi connectivity index (χ2v) is 12.5. The molecule has 2 aliphatic carbocycles. The first-order chi connectivity index (χ1) is 25.0. The number of ether oxygens (including phenoxy) is 2. The Morgan fingerprint density at radius 3 is 1.53 bits per heavy atom. The lowest BCUT2D eigenvalue weighted by Crippen LogP contribution is -2.18. The second kappa shape index (κ2) is 13.3. The van der Waals surface area contributed by atoms with Crippen LogP contribution in [0.5, 0.6) is 11.5 Å². The van der Waals surface area contributed by atoms with Crippen molar-refractivity contribution in [2.24, 2.45) is 0 Å². The smallest absolute Gasteiger partial charge is 0.335 e. The van der Waals surface area contributed by atoms with Crippen molar-refractivity contribution in [1.82, 2.24) is 0 Å². The molecule has 0 bridgehead atoms. The molecule has 0 N–H and O–H groups in total. The van der Waals surface area contributed by atoms with Gasteiger partial charge >= 0.3 is 11.9 Å². The summed E-state index contributed by atoms with van der Waals surface area (Å²) in [6.07, 6.45) is 10.9. The summed E-state index contributed by atoms with van der Waals surface area (Å²) in [4.78, 5) is 25.6. The van der Waals surface area contributed by atoms with Crippen LogP contribution in [0.15, 0.2) is 159 Å². The Hall–Kier alpha value is -6.72. The van der Waals surface area contributed by atoms with Crippen LogP contribution in [-0.4, -0.2) is 11.9 Å². The van der Waals surface area contributed by atoms with Crippen LogP contribution in [0.25, 0.3) is 44.8 Å². The lowest BCUT2D eigenvalue weighted by molar-refractivity contribution is -0.129. The van der Waals surface area contributed by atoms with Crippen molar-refractivity contribution in [2.45, 2.75) is 12.8 Å². The molecule has 0 fully saturated rings. The zero-order valence-electron chi connectivity index (χ0n) is 27.8. The van der Waals surface area contributed by atoms with Gasteiger partial charge in [-0.25, -0.2) is 9.59 Å².